The number of fused-ring (bicyclic) bond motifs is 1. The topological polar surface area (TPSA) is 133 Å². The molecule has 0 amide bonds. The van der Waals surface area contributed by atoms with Crippen molar-refractivity contribution < 1.29 is 22.7 Å². The number of nitrogens with zero attached hydrogens (tertiary/aromatic N) is 5. The number of hydrogen-bond donors (Lipinski definition) is 2. The van der Waals surface area contributed by atoms with Gasteiger partial charge in [-0.2, -0.15) is 18.3 Å². The maximum Gasteiger partial charge on any atom is 0.490 e. The van der Waals surface area contributed by atoms with Gasteiger partial charge in [0.2, 0.25) is 5.82 Å². The van der Waals surface area contributed by atoms with Crippen LogP contribution in [-0.4, -0.2) is 42.3 Å². The van der Waals surface area contributed by atoms with E-state index in [1.54, 1.807) is 36.1 Å². The number of nitrogens with one attached hydrogen (secondary N) is 1. The fraction of sp³-hybridized carbons (Fsp3) is 0.0714. The van der Waals surface area contributed by atoms with Crippen LogP contribution in [0.3, 0.4) is 0 Å². The van der Waals surface area contributed by atoms with Crippen LogP contribution >= 0.6 is 11.3 Å². The molecule has 0 bridgehead atoms. The monoisotopic (exact) mass is 573 g/mol. The first-order chi connectivity index (χ1) is 19.8. The number of hydrogen-bond acceptors (Lipinski definition) is 9. The van der Waals surface area contributed by atoms with Gasteiger partial charge < -0.3 is 4.74 Å². The molecule has 4 heterocycles. The van der Waals surface area contributed by atoms with E-state index in [1.807, 2.05) is 36.4 Å². The predicted molar refractivity (Wildman–Crippen MR) is 146 cm³/mol. The van der Waals surface area contributed by atoms with Crippen LogP contribution in [0.15, 0.2) is 84.6 Å². The minimum absolute atomic E-state index is 0.196. The number of halogens is 3. The molecule has 0 aliphatic heterocycles. The van der Waals surface area contributed by atoms with E-state index >= 15 is 0 Å². The number of ether oxygens (including phenoxy) is 1. The van der Waals surface area contributed by atoms with Crippen LogP contribution in [0, 0.1) is 0 Å². The third-order valence-electron chi connectivity index (χ3n) is 6.17. The molecule has 0 spiro atoms. The normalized spacial score (nSPS) is 12.4. The molecular weight excluding hydrogens is 555 g/mol. The van der Waals surface area contributed by atoms with Gasteiger partial charge in [-0.25, -0.2) is 14.8 Å². The van der Waals surface area contributed by atoms with Gasteiger partial charge in [-0.05, 0) is 17.7 Å². The maximum atomic E-state index is 12.6. The van der Waals surface area contributed by atoms with Gasteiger partial charge in [-0.1, -0.05) is 54.6 Å². The van der Waals surface area contributed by atoms with Crippen molar-refractivity contribution in [2.45, 2.75) is 12.4 Å². The number of alkyl halides is 3. The summed E-state index contributed by atoms with van der Waals surface area (Å²) in [6.07, 6.45) is -3.40. The standard InChI is InChI=1S/C28H18F3N7O2S/c29-28(30,31)27(39)40-24(32)17-8-6-16(7-9-17)22-18(15-4-2-1-3-5-15)12-19-20(35-22)10-11-34-23(19)26-36-25(37-38-26)21-13-33-14-41-21/h1-14,24H,32H2,(H,36,37,38). The van der Waals surface area contributed by atoms with Crippen LogP contribution in [-0.2, 0) is 9.53 Å². The van der Waals surface area contributed by atoms with Crippen molar-refractivity contribution in [2.75, 3.05) is 0 Å². The zero-order chi connectivity index (χ0) is 28.6. The zero-order valence-electron chi connectivity index (χ0n) is 20.8. The lowest BCUT2D eigenvalue weighted by Gasteiger charge is -2.16. The summed E-state index contributed by atoms with van der Waals surface area (Å²) in [6, 6.07) is 19.6. The molecular formula is C28H18F3N7O2S. The van der Waals surface area contributed by atoms with Crippen molar-refractivity contribution in [3.8, 4) is 44.6 Å². The Balaban J connectivity index is 1.42. The van der Waals surface area contributed by atoms with Crippen LogP contribution in [0.1, 0.15) is 11.8 Å². The largest absolute Gasteiger partial charge is 0.490 e. The van der Waals surface area contributed by atoms with Gasteiger partial charge in [0.1, 0.15) is 5.69 Å². The quantitative estimate of drug-likeness (QED) is 0.185. The molecule has 0 saturated carbocycles. The minimum Gasteiger partial charge on any atom is -0.436 e. The first-order valence-corrected chi connectivity index (χ1v) is 13.0. The Bertz CT molecular complexity index is 1840. The fourth-order valence-electron chi connectivity index (χ4n) is 4.22. The molecule has 6 aromatic rings. The number of benzene rings is 2. The van der Waals surface area contributed by atoms with E-state index in [0.29, 0.717) is 34.1 Å². The molecule has 204 valence electrons. The lowest BCUT2D eigenvalue weighted by atomic mass is 9.96. The van der Waals surface area contributed by atoms with Crippen LogP contribution in [0.2, 0.25) is 0 Å². The van der Waals surface area contributed by atoms with Crippen LogP contribution in [0.5, 0.6) is 0 Å². The summed E-state index contributed by atoms with van der Waals surface area (Å²) in [5, 5.41) is 8.03. The van der Waals surface area contributed by atoms with E-state index in [-0.39, 0.29) is 5.56 Å². The lowest BCUT2D eigenvalue weighted by Crippen LogP contribution is -2.29. The first kappa shape index (κ1) is 26.2. The van der Waals surface area contributed by atoms with Crippen molar-refractivity contribution in [3.63, 3.8) is 0 Å². The average Bonchev–Trinajstić information content (AvgIpc) is 3.69. The molecule has 6 rings (SSSR count). The Labute approximate surface area is 233 Å². The number of pyridine rings is 2. The summed E-state index contributed by atoms with van der Waals surface area (Å²) < 4.78 is 42.1. The van der Waals surface area contributed by atoms with Crippen molar-refractivity contribution in [1.82, 2.24) is 30.1 Å². The first-order valence-electron chi connectivity index (χ1n) is 12.1. The summed E-state index contributed by atoms with van der Waals surface area (Å²) in [5.41, 5.74) is 11.7. The molecule has 0 saturated heterocycles. The van der Waals surface area contributed by atoms with Crippen LogP contribution in [0.25, 0.3) is 55.5 Å². The molecule has 3 N–H and O–H groups in total. The third kappa shape index (κ3) is 5.27. The number of aromatic amines is 1. The van der Waals surface area contributed by atoms with E-state index in [1.165, 1.54) is 23.5 Å². The van der Waals surface area contributed by atoms with Crippen molar-refractivity contribution in [2.24, 2.45) is 5.73 Å². The second-order valence-corrected chi connectivity index (χ2v) is 9.68. The molecule has 2 aromatic carbocycles. The smallest absolute Gasteiger partial charge is 0.436 e. The number of aromatic nitrogens is 6. The second-order valence-electron chi connectivity index (χ2n) is 8.80. The summed E-state index contributed by atoms with van der Waals surface area (Å²) >= 11 is 1.43. The summed E-state index contributed by atoms with van der Waals surface area (Å²) in [5.74, 6) is -1.38. The van der Waals surface area contributed by atoms with E-state index in [9.17, 15) is 18.0 Å². The molecule has 0 aliphatic rings. The van der Waals surface area contributed by atoms with Gasteiger partial charge in [-0.15, -0.1) is 11.3 Å². The molecule has 9 nitrogen and oxygen atoms in total. The third-order valence-corrected chi connectivity index (χ3v) is 6.95. The number of nitrogens with two attached hydrogens (primary N) is 1. The highest BCUT2D eigenvalue weighted by molar-refractivity contribution is 7.13. The van der Waals surface area contributed by atoms with Gasteiger partial charge in [0.15, 0.2) is 12.1 Å². The van der Waals surface area contributed by atoms with Crippen molar-refractivity contribution >= 4 is 28.2 Å². The van der Waals surface area contributed by atoms with Gasteiger partial charge in [-0.3, -0.25) is 20.8 Å². The summed E-state index contributed by atoms with van der Waals surface area (Å²) in [6.45, 7) is 0. The van der Waals surface area contributed by atoms with Crippen molar-refractivity contribution in [3.05, 3.63) is 90.2 Å². The zero-order valence-corrected chi connectivity index (χ0v) is 21.6. The molecule has 41 heavy (non-hydrogen) atoms. The Morgan fingerprint density at radius 3 is 2.46 bits per heavy atom. The minimum atomic E-state index is -5.14. The van der Waals surface area contributed by atoms with Crippen LogP contribution < -0.4 is 5.73 Å². The highest BCUT2D eigenvalue weighted by Gasteiger charge is 2.42. The van der Waals surface area contributed by atoms with Gasteiger partial charge in [0.05, 0.1) is 21.6 Å². The Morgan fingerprint density at radius 1 is 0.976 bits per heavy atom. The van der Waals surface area contributed by atoms with Crippen molar-refractivity contribution in [1.29, 1.82) is 0 Å². The summed E-state index contributed by atoms with van der Waals surface area (Å²) in [7, 11) is 0. The number of esters is 1. The lowest BCUT2D eigenvalue weighted by molar-refractivity contribution is -0.205. The maximum absolute atomic E-state index is 12.6. The number of thiazole rings is 1. The molecule has 1 unspecified atom stereocenters. The number of carbonyl (C=O) groups excluding carboxylic acids is 1. The summed E-state index contributed by atoms with van der Waals surface area (Å²) in [4.78, 5) is 30.2. The van der Waals surface area contributed by atoms with E-state index in [2.05, 4.69) is 29.9 Å². The van der Waals surface area contributed by atoms with E-state index in [4.69, 9.17) is 10.7 Å². The predicted octanol–water partition coefficient (Wildman–Crippen LogP) is 5.94. The van der Waals surface area contributed by atoms with Crippen LogP contribution in [0.4, 0.5) is 13.2 Å². The molecule has 0 fully saturated rings. The Hall–Kier alpha value is -5.01. The van der Waals surface area contributed by atoms with E-state index < -0.39 is 18.4 Å². The highest BCUT2D eigenvalue weighted by atomic mass is 32.1. The Morgan fingerprint density at radius 2 is 1.76 bits per heavy atom. The number of rotatable bonds is 6. The molecule has 4 aromatic heterocycles. The van der Waals surface area contributed by atoms with Gasteiger partial charge >= 0.3 is 12.1 Å². The highest BCUT2D eigenvalue weighted by Crippen LogP contribution is 2.36. The Kier molecular flexibility index (Phi) is 6.73. The number of carbonyl (C=O) groups is 1. The molecule has 1 atom stereocenters. The average molecular weight is 574 g/mol. The van der Waals surface area contributed by atoms with E-state index in [0.717, 1.165) is 21.4 Å². The SMILES string of the molecule is NC(OC(=O)C(F)(F)F)c1ccc(-c2nc3ccnc(-c4n[nH]c(-c5cncs5)n4)c3cc2-c2ccccc2)cc1. The molecule has 13 heteroatoms. The van der Waals surface area contributed by atoms with Gasteiger partial charge in [0, 0.05) is 34.5 Å². The fourth-order valence-corrected chi connectivity index (χ4v) is 4.78. The van der Waals surface area contributed by atoms with Gasteiger partial charge in [0.25, 0.3) is 0 Å². The number of H-pyrrole nitrogens is 1. The second kappa shape index (κ2) is 10.5. The molecule has 0 radical (unpaired) electrons. The molecule has 0 aliphatic carbocycles.